The minimum absolute atomic E-state index is 0.198. The van der Waals surface area contributed by atoms with Crippen molar-refractivity contribution in [3.63, 3.8) is 0 Å². The van der Waals surface area contributed by atoms with Crippen LogP contribution in [0.2, 0.25) is 0 Å². The first-order valence-corrected chi connectivity index (χ1v) is 11.9. The highest BCUT2D eigenvalue weighted by Gasteiger charge is 2.35. The van der Waals surface area contributed by atoms with Crippen molar-refractivity contribution < 1.29 is 19.1 Å². The molecule has 0 radical (unpaired) electrons. The van der Waals surface area contributed by atoms with Crippen LogP contribution in [0.25, 0.3) is 11.5 Å². The van der Waals surface area contributed by atoms with E-state index in [9.17, 15) is 9.59 Å². The monoisotopic (exact) mass is 525 g/mol. The molecular weight excluding hydrogens is 498 g/mol. The van der Waals surface area contributed by atoms with E-state index in [1.54, 1.807) is 25.1 Å². The summed E-state index contributed by atoms with van der Waals surface area (Å²) >= 11 is 3.66. The van der Waals surface area contributed by atoms with E-state index in [0.29, 0.717) is 5.76 Å². The van der Waals surface area contributed by atoms with Gasteiger partial charge >= 0.3 is 5.97 Å². The molecule has 0 atom stereocenters. The van der Waals surface area contributed by atoms with E-state index in [-0.39, 0.29) is 25.5 Å². The number of esters is 1. The first-order chi connectivity index (χ1) is 16.5. The second kappa shape index (κ2) is 12.2. The molecule has 0 bridgehead atoms. The van der Waals surface area contributed by atoms with Crippen molar-refractivity contribution in [2.24, 2.45) is 5.10 Å². The molecule has 0 fully saturated rings. The minimum Gasteiger partial charge on any atom is -0.486 e. The third kappa shape index (κ3) is 5.75. The quantitative estimate of drug-likeness (QED) is 0.364. The SMILES string of the molecule is C/C=N\N1C(C(=O)NCC(=O)OCC)=C(OCc2ccccc2)c2cccc(Br)c2/C1=C\CC. The van der Waals surface area contributed by atoms with Gasteiger partial charge in [0.25, 0.3) is 5.91 Å². The summed E-state index contributed by atoms with van der Waals surface area (Å²) in [6.07, 6.45) is 4.34. The van der Waals surface area contributed by atoms with Gasteiger partial charge in [-0.1, -0.05) is 71.4 Å². The van der Waals surface area contributed by atoms with Crippen LogP contribution in [0.4, 0.5) is 0 Å². The molecule has 1 aliphatic heterocycles. The zero-order chi connectivity index (χ0) is 24.5. The predicted octanol–water partition coefficient (Wildman–Crippen LogP) is 5.09. The highest BCUT2D eigenvalue weighted by Crippen LogP contribution is 2.43. The van der Waals surface area contributed by atoms with Gasteiger partial charge in [0.2, 0.25) is 0 Å². The van der Waals surface area contributed by atoms with Gasteiger partial charge in [-0.2, -0.15) is 5.10 Å². The minimum atomic E-state index is -0.517. The second-order valence-electron chi connectivity index (χ2n) is 7.29. The maximum atomic E-state index is 13.4. The van der Waals surface area contributed by atoms with Gasteiger partial charge in [-0.3, -0.25) is 9.59 Å². The Morgan fingerprint density at radius 1 is 1.12 bits per heavy atom. The summed E-state index contributed by atoms with van der Waals surface area (Å²) in [6.45, 7) is 5.74. The van der Waals surface area contributed by atoms with Gasteiger partial charge in [-0.25, -0.2) is 5.01 Å². The van der Waals surface area contributed by atoms with E-state index in [4.69, 9.17) is 9.47 Å². The molecular formula is C26H28BrN3O4. The molecule has 3 rings (SSSR count). The van der Waals surface area contributed by atoms with Gasteiger partial charge in [0.05, 0.1) is 12.3 Å². The molecule has 1 amide bonds. The Bertz CT molecular complexity index is 1130. The lowest BCUT2D eigenvalue weighted by Crippen LogP contribution is -2.38. The fraction of sp³-hybridized carbons (Fsp3) is 0.269. The van der Waals surface area contributed by atoms with Gasteiger partial charge in [0, 0.05) is 21.8 Å². The number of fused-ring (bicyclic) bond motifs is 1. The number of carbonyl (C=O) groups is 2. The Balaban J connectivity index is 2.15. The number of amides is 1. The lowest BCUT2D eigenvalue weighted by Gasteiger charge is -2.33. The molecule has 0 aromatic heterocycles. The van der Waals surface area contributed by atoms with Gasteiger partial charge in [0.15, 0.2) is 11.5 Å². The Kier molecular flexibility index (Phi) is 9.04. The number of benzene rings is 2. The first-order valence-electron chi connectivity index (χ1n) is 11.1. The van der Waals surface area contributed by atoms with Crippen LogP contribution in [-0.4, -0.2) is 36.3 Å². The van der Waals surface area contributed by atoms with Crippen LogP contribution in [0, 0.1) is 0 Å². The third-order valence-electron chi connectivity index (χ3n) is 4.94. The van der Waals surface area contributed by atoms with E-state index < -0.39 is 11.9 Å². The summed E-state index contributed by atoms with van der Waals surface area (Å²) in [6, 6.07) is 15.5. The number of ether oxygens (including phenoxy) is 2. The standard InChI is InChI=1S/C26H28BrN3O4/c1-4-11-21-23-19(14-10-15-20(23)27)25(34-17-18-12-8-7-9-13-18)24(30(21)29-5-2)26(32)28-16-22(31)33-6-3/h5,7-15H,4,6,16-17H2,1-3H3,(H,28,32)/b21-11+,29-5-. The largest absolute Gasteiger partial charge is 0.486 e. The Labute approximate surface area is 208 Å². The van der Waals surface area contributed by atoms with Crippen molar-refractivity contribution in [2.45, 2.75) is 33.8 Å². The normalized spacial score (nSPS) is 14.4. The topological polar surface area (TPSA) is 80.2 Å². The molecule has 1 aliphatic rings. The van der Waals surface area contributed by atoms with Crippen LogP contribution in [0.5, 0.6) is 0 Å². The van der Waals surface area contributed by atoms with Crippen LogP contribution in [0.3, 0.4) is 0 Å². The predicted molar refractivity (Wildman–Crippen MR) is 136 cm³/mol. The third-order valence-corrected chi connectivity index (χ3v) is 5.60. The molecule has 0 unspecified atom stereocenters. The molecule has 2 aromatic rings. The van der Waals surface area contributed by atoms with E-state index in [1.165, 1.54) is 0 Å². The fourth-order valence-electron chi connectivity index (χ4n) is 3.56. The molecule has 0 aliphatic carbocycles. The molecule has 8 heteroatoms. The highest BCUT2D eigenvalue weighted by molar-refractivity contribution is 9.10. The Morgan fingerprint density at radius 3 is 2.56 bits per heavy atom. The molecule has 0 spiro atoms. The number of hydrazone groups is 1. The van der Waals surface area contributed by atoms with Crippen LogP contribution < -0.4 is 5.32 Å². The van der Waals surface area contributed by atoms with Gasteiger partial charge < -0.3 is 14.8 Å². The number of nitrogens with zero attached hydrogens (tertiary/aromatic N) is 2. The van der Waals surface area contributed by atoms with E-state index in [2.05, 4.69) is 26.3 Å². The van der Waals surface area contributed by atoms with Crippen LogP contribution in [-0.2, 0) is 25.7 Å². The maximum absolute atomic E-state index is 13.4. The molecule has 2 aromatic carbocycles. The van der Waals surface area contributed by atoms with Crippen molar-refractivity contribution >= 4 is 45.5 Å². The van der Waals surface area contributed by atoms with Gasteiger partial charge in [0.1, 0.15) is 13.2 Å². The summed E-state index contributed by atoms with van der Waals surface area (Å²) in [5, 5.41) is 8.72. The second-order valence-corrected chi connectivity index (χ2v) is 8.14. The fourth-order valence-corrected chi connectivity index (χ4v) is 4.13. The van der Waals surface area contributed by atoms with Gasteiger partial charge in [-0.15, -0.1) is 0 Å². The van der Waals surface area contributed by atoms with E-state index in [1.807, 2.05) is 61.5 Å². The summed E-state index contributed by atoms with van der Waals surface area (Å²) in [5.74, 6) is -0.633. The number of hydrogen-bond acceptors (Lipinski definition) is 6. The van der Waals surface area contributed by atoms with Crippen LogP contribution >= 0.6 is 15.9 Å². The van der Waals surface area contributed by atoms with Crippen molar-refractivity contribution in [3.8, 4) is 0 Å². The number of hydrogen-bond donors (Lipinski definition) is 1. The average molecular weight is 526 g/mol. The molecule has 178 valence electrons. The number of allylic oxidation sites excluding steroid dienone is 1. The number of carbonyl (C=O) groups excluding carboxylic acids is 2. The molecule has 0 saturated heterocycles. The van der Waals surface area contributed by atoms with Crippen molar-refractivity contribution in [1.82, 2.24) is 10.3 Å². The van der Waals surface area contributed by atoms with Crippen LogP contribution in [0.15, 0.2) is 69.9 Å². The smallest absolute Gasteiger partial charge is 0.325 e. The maximum Gasteiger partial charge on any atom is 0.325 e. The molecule has 7 nitrogen and oxygen atoms in total. The molecule has 1 N–H and O–H groups in total. The van der Waals surface area contributed by atoms with E-state index in [0.717, 1.165) is 33.3 Å². The summed E-state index contributed by atoms with van der Waals surface area (Å²) in [4.78, 5) is 25.3. The molecule has 34 heavy (non-hydrogen) atoms. The number of rotatable bonds is 9. The average Bonchev–Trinajstić information content (AvgIpc) is 2.84. The number of nitrogens with one attached hydrogen (secondary N) is 1. The summed E-state index contributed by atoms with van der Waals surface area (Å²) in [5.41, 5.74) is 3.53. The molecule has 0 saturated carbocycles. The summed E-state index contributed by atoms with van der Waals surface area (Å²) < 4.78 is 12.1. The van der Waals surface area contributed by atoms with Crippen molar-refractivity contribution in [2.75, 3.05) is 13.2 Å². The lowest BCUT2D eigenvalue weighted by molar-refractivity contribution is -0.143. The molecule has 1 heterocycles. The first kappa shape index (κ1) is 25.2. The lowest BCUT2D eigenvalue weighted by atomic mass is 9.96. The van der Waals surface area contributed by atoms with Crippen molar-refractivity contribution in [3.05, 3.63) is 81.5 Å². The zero-order valence-corrected chi connectivity index (χ0v) is 21.1. The van der Waals surface area contributed by atoms with Crippen molar-refractivity contribution in [1.29, 1.82) is 0 Å². The highest BCUT2D eigenvalue weighted by atomic mass is 79.9. The Hall–Kier alpha value is -3.39. The Morgan fingerprint density at radius 2 is 1.88 bits per heavy atom. The summed E-state index contributed by atoms with van der Waals surface area (Å²) in [7, 11) is 0. The van der Waals surface area contributed by atoms with E-state index >= 15 is 0 Å². The van der Waals surface area contributed by atoms with Crippen LogP contribution in [0.1, 0.15) is 43.9 Å². The number of halogens is 1. The zero-order valence-electron chi connectivity index (χ0n) is 19.5. The van der Waals surface area contributed by atoms with Gasteiger partial charge in [-0.05, 0) is 31.9 Å².